The molecule has 0 N–H and O–H groups in total. The maximum atomic E-state index is 5.16. The van der Waals surface area contributed by atoms with Crippen molar-refractivity contribution in [2.24, 2.45) is 0 Å². The fraction of sp³-hybridized carbons (Fsp3) is 0.133. The molecule has 3 heteroatoms. The van der Waals surface area contributed by atoms with Gasteiger partial charge in [-0.15, -0.1) is 0 Å². The summed E-state index contributed by atoms with van der Waals surface area (Å²) in [4.78, 5) is 0. The van der Waals surface area contributed by atoms with Crippen molar-refractivity contribution in [2.75, 3.05) is 7.11 Å². The van der Waals surface area contributed by atoms with Gasteiger partial charge in [-0.3, -0.25) is 0 Å². The van der Waals surface area contributed by atoms with Crippen LogP contribution < -0.4 is 4.74 Å². The van der Waals surface area contributed by atoms with Crippen molar-refractivity contribution >= 4 is 21.6 Å². The molecule has 1 heterocycles. The molecule has 2 nitrogen and oxygen atoms in total. The highest BCUT2D eigenvalue weighted by molar-refractivity contribution is 7.13. The lowest BCUT2D eigenvalue weighted by molar-refractivity contribution is 0.414. The Bertz CT molecular complexity index is 658. The van der Waals surface area contributed by atoms with Crippen LogP contribution in [-0.4, -0.2) is 11.5 Å². The SMILES string of the molecule is COc1ccc(Cc2nsc3ccccc23)cc1. The average molecular weight is 255 g/mol. The third-order valence-corrected chi connectivity index (χ3v) is 3.85. The third-order valence-electron chi connectivity index (χ3n) is 2.98. The molecule has 0 aliphatic rings. The summed E-state index contributed by atoms with van der Waals surface area (Å²) in [6.07, 6.45) is 0.869. The van der Waals surface area contributed by atoms with Crippen LogP contribution in [0.15, 0.2) is 48.5 Å². The van der Waals surface area contributed by atoms with E-state index in [0.717, 1.165) is 17.9 Å². The molecule has 0 radical (unpaired) electrons. The lowest BCUT2D eigenvalue weighted by Crippen LogP contribution is -1.89. The maximum absolute atomic E-state index is 5.16. The Hall–Kier alpha value is -1.87. The van der Waals surface area contributed by atoms with Gasteiger partial charge in [-0.05, 0) is 35.3 Å². The van der Waals surface area contributed by atoms with Crippen molar-refractivity contribution in [1.82, 2.24) is 4.37 Å². The highest BCUT2D eigenvalue weighted by Gasteiger charge is 2.06. The second-order valence-corrected chi connectivity index (χ2v) is 4.96. The number of ether oxygens (including phenoxy) is 1. The monoisotopic (exact) mass is 255 g/mol. The molecule has 90 valence electrons. The van der Waals surface area contributed by atoms with Crippen molar-refractivity contribution in [2.45, 2.75) is 6.42 Å². The second-order valence-electron chi connectivity index (χ2n) is 4.15. The average Bonchev–Trinajstić information content (AvgIpc) is 2.83. The number of nitrogens with zero attached hydrogens (tertiary/aromatic N) is 1. The number of hydrogen-bond donors (Lipinski definition) is 0. The van der Waals surface area contributed by atoms with Gasteiger partial charge in [0.2, 0.25) is 0 Å². The molecule has 3 aromatic rings. The van der Waals surface area contributed by atoms with E-state index in [9.17, 15) is 0 Å². The topological polar surface area (TPSA) is 22.1 Å². The van der Waals surface area contributed by atoms with E-state index in [0.29, 0.717) is 0 Å². The maximum Gasteiger partial charge on any atom is 0.118 e. The fourth-order valence-electron chi connectivity index (χ4n) is 2.00. The summed E-state index contributed by atoms with van der Waals surface area (Å²) in [5, 5.41) is 1.26. The van der Waals surface area contributed by atoms with Gasteiger partial charge in [0.05, 0.1) is 17.5 Å². The van der Waals surface area contributed by atoms with Gasteiger partial charge in [-0.2, -0.15) is 4.37 Å². The van der Waals surface area contributed by atoms with E-state index in [1.807, 2.05) is 12.1 Å². The summed E-state index contributed by atoms with van der Waals surface area (Å²) >= 11 is 1.57. The first-order chi connectivity index (χ1) is 8.86. The van der Waals surface area contributed by atoms with E-state index >= 15 is 0 Å². The van der Waals surface area contributed by atoms with Gasteiger partial charge in [0, 0.05) is 11.8 Å². The quantitative estimate of drug-likeness (QED) is 0.708. The summed E-state index contributed by atoms with van der Waals surface area (Å²) < 4.78 is 11.0. The number of fused-ring (bicyclic) bond motifs is 1. The van der Waals surface area contributed by atoms with Crippen molar-refractivity contribution in [3.8, 4) is 5.75 Å². The van der Waals surface area contributed by atoms with E-state index in [-0.39, 0.29) is 0 Å². The molecule has 18 heavy (non-hydrogen) atoms. The Labute approximate surface area is 110 Å². The Balaban J connectivity index is 1.91. The normalized spacial score (nSPS) is 10.7. The molecule has 0 aliphatic carbocycles. The molecular formula is C15H13NOS. The number of benzene rings is 2. The fourth-order valence-corrected chi connectivity index (χ4v) is 2.80. The second kappa shape index (κ2) is 4.78. The van der Waals surface area contributed by atoms with Crippen LogP contribution in [0.25, 0.3) is 10.1 Å². The minimum Gasteiger partial charge on any atom is -0.497 e. The van der Waals surface area contributed by atoms with E-state index in [4.69, 9.17) is 4.74 Å². The van der Waals surface area contributed by atoms with Gasteiger partial charge >= 0.3 is 0 Å². The summed E-state index contributed by atoms with van der Waals surface area (Å²) in [6.45, 7) is 0. The van der Waals surface area contributed by atoms with E-state index < -0.39 is 0 Å². The highest BCUT2D eigenvalue weighted by Crippen LogP contribution is 2.24. The smallest absolute Gasteiger partial charge is 0.118 e. The van der Waals surface area contributed by atoms with Gasteiger partial charge < -0.3 is 4.74 Å². The van der Waals surface area contributed by atoms with E-state index in [2.05, 4.69) is 40.8 Å². The first kappa shape index (κ1) is 11.2. The summed E-state index contributed by atoms with van der Waals surface area (Å²) in [5.41, 5.74) is 2.41. The Morgan fingerprint density at radius 1 is 1.06 bits per heavy atom. The highest BCUT2D eigenvalue weighted by atomic mass is 32.1. The summed E-state index contributed by atoms with van der Waals surface area (Å²) in [5.74, 6) is 0.891. The zero-order valence-electron chi connectivity index (χ0n) is 10.1. The molecule has 2 aromatic carbocycles. The minimum atomic E-state index is 0.869. The molecule has 0 atom stereocenters. The molecule has 0 amide bonds. The van der Waals surface area contributed by atoms with Crippen LogP contribution in [0.2, 0.25) is 0 Å². The standard InChI is InChI=1S/C15H13NOS/c1-17-12-8-6-11(7-9-12)10-14-13-4-2-3-5-15(13)18-16-14/h2-9H,10H2,1H3. The van der Waals surface area contributed by atoms with Crippen LogP contribution in [0.5, 0.6) is 5.75 Å². The zero-order chi connectivity index (χ0) is 12.4. The van der Waals surface area contributed by atoms with Gasteiger partial charge in [0.1, 0.15) is 5.75 Å². The number of aromatic nitrogens is 1. The lowest BCUT2D eigenvalue weighted by atomic mass is 10.1. The zero-order valence-corrected chi connectivity index (χ0v) is 10.9. The molecule has 0 saturated carbocycles. The number of rotatable bonds is 3. The lowest BCUT2D eigenvalue weighted by Gasteiger charge is -2.02. The molecule has 0 bridgehead atoms. The molecule has 1 aromatic heterocycles. The third kappa shape index (κ3) is 2.09. The predicted octanol–water partition coefficient (Wildman–Crippen LogP) is 3.90. The van der Waals surface area contributed by atoms with E-state index in [1.165, 1.54) is 15.6 Å². The van der Waals surface area contributed by atoms with Crippen LogP contribution in [0.3, 0.4) is 0 Å². The molecule has 0 fully saturated rings. The van der Waals surface area contributed by atoms with Crippen LogP contribution >= 0.6 is 11.5 Å². The van der Waals surface area contributed by atoms with Crippen molar-refractivity contribution < 1.29 is 4.74 Å². The van der Waals surface area contributed by atoms with Crippen LogP contribution in [0.1, 0.15) is 11.3 Å². The van der Waals surface area contributed by atoms with Gasteiger partial charge in [-0.1, -0.05) is 30.3 Å². The van der Waals surface area contributed by atoms with Gasteiger partial charge in [-0.25, -0.2) is 0 Å². The molecular weight excluding hydrogens is 242 g/mol. The van der Waals surface area contributed by atoms with Crippen molar-refractivity contribution in [3.63, 3.8) is 0 Å². The molecule has 3 rings (SSSR count). The summed E-state index contributed by atoms with van der Waals surface area (Å²) in [7, 11) is 1.68. The van der Waals surface area contributed by atoms with Crippen molar-refractivity contribution in [3.05, 3.63) is 59.8 Å². The number of methoxy groups -OCH3 is 1. The predicted molar refractivity (Wildman–Crippen MR) is 75.4 cm³/mol. The van der Waals surface area contributed by atoms with E-state index in [1.54, 1.807) is 18.6 Å². The molecule has 0 unspecified atom stereocenters. The van der Waals surface area contributed by atoms with Crippen molar-refractivity contribution in [1.29, 1.82) is 0 Å². The van der Waals surface area contributed by atoms with Gasteiger partial charge in [0.25, 0.3) is 0 Å². The van der Waals surface area contributed by atoms with Gasteiger partial charge in [0.15, 0.2) is 0 Å². The Kier molecular flexibility index (Phi) is 2.99. The summed E-state index contributed by atoms with van der Waals surface area (Å²) in [6, 6.07) is 16.5. The van der Waals surface area contributed by atoms with Crippen LogP contribution in [-0.2, 0) is 6.42 Å². The molecule has 0 saturated heterocycles. The largest absolute Gasteiger partial charge is 0.497 e. The Morgan fingerprint density at radius 2 is 1.83 bits per heavy atom. The molecule has 0 aliphatic heterocycles. The van der Waals surface area contributed by atoms with Crippen LogP contribution in [0.4, 0.5) is 0 Å². The first-order valence-electron chi connectivity index (χ1n) is 5.83. The van der Waals surface area contributed by atoms with Crippen LogP contribution in [0, 0.1) is 0 Å². The minimum absolute atomic E-state index is 0.869. The number of hydrogen-bond acceptors (Lipinski definition) is 3. The first-order valence-corrected chi connectivity index (χ1v) is 6.60. The molecule has 0 spiro atoms. The Morgan fingerprint density at radius 3 is 2.61 bits per heavy atom.